The fourth-order valence-electron chi connectivity index (χ4n) is 2.30. The van der Waals surface area contributed by atoms with E-state index in [1.165, 1.54) is 11.3 Å². The summed E-state index contributed by atoms with van der Waals surface area (Å²) in [6.45, 7) is 4.91. The largest absolute Gasteiger partial charge is 0.378 e. The minimum atomic E-state index is 0.761. The van der Waals surface area contributed by atoms with Crippen LogP contribution in [0.3, 0.4) is 0 Å². The number of imidazole rings is 1. The van der Waals surface area contributed by atoms with Crippen LogP contribution in [0.1, 0.15) is 24.7 Å². The number of nitrogens with one attached hydrogen (secondary N) is 1. The van der Waals surface area contributed by atoms with Crippen LogP contribution in [0.5, 0.6) is 0 Å². The second-order valence-corrected chi connectivity index (χ2v) is 5.29. The number of hydrogen-bond acceptors (Lipinski definition) is 3. The molecule has 2 rings (SSSR count). The molecule has 0 radical (unpaired) electrons. The lowest BCUT2D eigenvalue weighted by Gasteiger charge is -2.15. The number of aromatic nitrogens is 2. The van der Waals surface area contributed by atoms with Gasteiger partial charge in [-0.1, -0.05) is 25.1 Å². The van der Waals surface area contributed by atoms with Gasteiger partial charge in [0.05, 0.1) is 6.54 Å². The second kappa shape index (κ2) is 7.10. The van der Waals surface area contributed by atoms with Crippen LogP contribution in [0.2, 0.25) is 0 Å². The van der Waals surface area contributed by atoms with Crippen LogP contribution in [-0.2, 0) is 19.6 Å². The van der Waals surface area contributed by atoms with Crippen molar-refractivity contribution in [1.29, 1.82) is 0 Å². The zero-order valence-electron chi connectivity index (χ0n) is 12.6. The van der Waals surface area contributed by atoms with Crippen molar-refractivity contribution in [3.63, 3.8) is 0 Å². The van der Waals surface area contributed by atoms with Crippen LogP contribution in [0.15, 0.2) is 36.7 Å². The first-order chi connectivity index (χ1) is 9.70. The fourth-order valence-corrected chi connectivity index (χ4v) is 2.30. The maximum absolute atomic E-state index is 4.43. The SMILES string of the molecule is CCCn1ccnc1CNc1ccccc1CN(C)C. The maximum Gasteiger partial charge on any atom is 0.128 e. The number of anilines is 1. The van der Waals surface area contributed by atoms with Crippen LogP contribution in [0, 0.1) is 0 Å². The van der Waals surface area contributed by atoms with Crippen LogP contribution in [-0.4, -0.2) is 28.5 Å². The summed E-state index contributed by atoms with van der Waals surface area (Å²) in [7, 11) is 4.18. The molecule has 1 aromatic heterocycles. The van der Waals surface area contributed by atoms with Crippen molar-refractivity contribution in [2.75, 3.05) is 19.4 Å². The monoisotopic (exact) mass is 272 g/mol. The van der Waals surface area contributed by atoms with Gasteiger partial charge in [-0.15, -0.1) is 0 Å². The van der Waals surface area contributed by atoms with E-state index in [0.717, 1.165) is 31.9 Å². The highest BCUT2D eigenvalue weighted by atomic mass is 15.1. The number of hydrogen-bond donors (Lipinski definition) is 1. The summed E-state index contributed by atoms with van der Waals surface area (Å²) >= 11 is 0. The van der Waals surface area contributed by atoms with Crippen molar-refractivity contribution >= 4 is 5.69 Å². The van der Waals surface area contributed by atoms with Gasteiger partial charge in [-0.2, -0.15) is 0 Å². The fraction of sp³-hybridized carbons (Fsp3) is 0.438. The van der Waals surface area contributed by atoms with E-state index < -0.39 is 0 Å². The topological polar surface area (TPSA) is 33.1 Å². The van der Waals surface area contributed by atoms with Gasteiger partial charge in [-0.3, -0.25) is 0 Å². The minimum Gasteiger partial charge on any atom is -0.378 e. The van der Waals surface area contributed by atoms with Crippen LogP contribution < -0.4 is 5.32 Å². The predicted molar refractivity (Wildman–Crippen MR) is 83.7 cm³/mol. The number of rotatable bonds is 7. The Labute approximate surface area is 121 Å². The van der Waals surface area contributed by atoms with Gasteiger partial charge >= 0.3 is 0 Å². The Kier molecular flexibility index (Phi) is 5.18. The molecule has 0 spiro atoms. The second-order valence-electron chi connectivity index (χ2n) is 5.29. The number of benzene rings is 1. The van der Waals surface area contributed by atoms with Gasteiger partial charge < -0.3 is 14.8 Å². The van der Waals surface area contributed by atoms with Crippen molar-refractivity contribution < 1.29 is 0 Å². The molecule has 0 bridgehead atoms. The molecule has 0 saturated heterocycles. The normalized spacial score (nSPS) is 11.0. The number of nitrogens with zero attached hydrogens (tertiary/aromatic N) is 3. The molecular formula is C16H24N4. The average Bonchev–Trinajstić information content (AvgIpc) is 2.85. The third kappa shape index (κ3) is 3.84. The molecular weight excluding hydrogens is 248 g/mol. The Morgan fingerprint density at radius 1 is 1.25 bits per heavy atom. The Bertz CT molecular complexity index is 531. The van der Waals surface area contributed by atoms with E-state index in [9.17, 15) is 0 Å². The zero-order valence-corrected chi connectivity index (χ0v) is 12.6. The summed E-state index contributed by atoms with van der Waals surface area (Å²) in [6.07, 6.45) is 5.05. The summed E-state index contributed by atoms with van der Waals surface area (Å²) in [5.41, 5.74) is 2.50. The molecule has 0 unspecified atom stereocenters. The van der Waals surface area contributed by atoms with E-state index in [2.05, 4.69) is 65.1 Å². The van der Waals surface area contributed by atoms with Gasteiger partial charge in [0.1, 0.15) is 5.82 Å². The lowest BCUT2D eigenvalue weighted by molar-refractivity contribution is 0.403. The number of para-hydroxylation sites is 1. The predicted octanol–water partition coefficient (Wildman–Crippen LogP) is 2.97. The van der Waals surface area contributed by atoms with E-state index in [1.54, 1.807) is 0 Å². The van der Waals surface area contributed by atoms with Crippen LogP contribution in [0.4, 0.5) is 5.69 Å². The lowest BCUT2D eigenvalue weighted by Crippen LogP contribution is -2.14. The molecule has 0 aliphatic rings. The first kappa shape index (κ1) is 14.6. The molecule has 4 heteroatoms. The van der Waals surface area contributed by atoms with Gasteiger partial charge in [0.15, 0.2) is 0 Å². The first-order valence-corrected chi connectivity index (χ1v) is 7.17. The molecule has 0 atom stereocenters. The summed E-state index contributed by atoms with van der Waals surface area (Å²) in [5, 5.41) is 3.51. The highest BCUT2D eigenvalue weighted by molar-refractivity contribution is 5.51. The third-order valence-corrected chi connectivity index (χ3v) is 3.21. The van der Waals surface area contributed by atoms with Crippen molar-refractivity contribution in [2.45, 2.75) is 33.0 Å². The Hall–Kier alpha value is -1.81. The van der Waals surface area contributed by atoms with Crippen molar-refractivity contribution in [2.24, 2.45) is 0 Å². The lowest BCUT2D eigenvalue weighted by atomic mass is 10.1. The number of aryl methyl sites for hydroxylation is 1. The molecule has 0 saturated carbocycles. The minimum absolute atomic E-state index is 0.761. The van der Waals surface area contributed by atoms with E-state index in [0.29, 0.717) is 0 Å². The zero-order chi connectivity index (χ0) is 14.4. The molecule has 4 nitrogen and oxygen atoms in total. The molecule has 1 N–H and O–H groups in total. The molecule has 1 heterocycles. The molecule has 108 valence electrons. The van der Waals surface area contributed by atoms with Gasteiger partial charge in [0.25, 0.3) is 0 Å². The first-order valence-electron chi connectivity index (χ1n) is 7.17. The van der Waals surface area contributed by atoms with E-state index in [1.807, 2.05) is 12.4 Å². The molecule has 20 heavy (non-hydrogen) atoms. The maximum atomic E-state index is 4.43. The molecule has 0 fully saturated rings. The Balaban J connectivity index is 2.05. The summed E-state index contributed by atoms with van der Waals surface area (Å²) < 4.78 is 2.21. The molecule has 0 amide bonds. The van der Waals surface area contributed by atoms with Gasteiger partial charge in [0.2, 0.25) is 0 Å². The molecule has 0 aliphatic heterocycles. The Morgan fingerprint density at radius 3 is 2.80 bits per heavy atom. The van der Waals surface area contributed by atoms with Gasteiger partial charge in [-0.25, -0.2) is 4.98 Å². The molecule has 2 aromatic rings. The third-order valence-electron chi connectivity index (χ3n) is 3.21. The average molecular weight is 272 g/mol. The van der Waals surface area contributed by atoms with Gasteiger partial charge in [-0.05, 0) is 32.1 Å². The van der Waals surface area contributed by atoms with E-state index in [4.69, 9.17) is 0 Å². The summed E-state index contributed by atoms with van der Waals surface area (Å²) in [4.78, 5) is 6.61. The summed E-state index contributed by atoms with van der Waals surface area (Å²) in [5.74, 6) is 1.09. The van der Waals surface area contributed by atoms with Crippen molar-refractivity contribution in [1.82, 2.24) is 14.5 Å². The van der Waals surface area contributed by atoms with Crippen LogP contribution >= 0.6 is 0 Å². The smallest absolute Gasteiger partial charge is 0.128 e. The highest BCUT2D eigenvalue weighted by Gasteiger charge is 2.05. The standard InChI is InChI=1S/C16H24N4/c1-4-10-20-11-9-17-16(20)12-18-15-8-6-5-7-14(15)13-19(2)3/h5-9,11,18H,4,10,12-13H2,1-3H3. The van der Waals surface area contributed by atoms with Crippen molar-refractivity contribution in [3.8, 4) is 0 Å². The molecule has 1 aromatic carbocycles. The molecule has 0 aliphatic carbocycles. The summed E-state index contributed by atoms with van der Waals surface area (Å²) in [6, 6.07) is 8.45. The highest BCUT2D eigenvalue weighted by Crippen LogP contribution is 2.17. The van der Waals surface area contributed by atoms with Crippen LogP contribution in [0.25, 0.3) is 0 Å². The quantitative estimate of drug-likeness (QED) is 0.841. The Morgan fingerprint density at radius 2 is 2.05 bits per heavy atom. The van der Waals surface area contributed by atoms with E-state index in [-0.39, 0.29) is 0 Å². The van der Waals surface area contributed by atoms with Gasteiger partial charge in [0, 0.05) is 31.2 Å². The van der Waals surface area contributed by atoms with Crippen molar-refractivity contribution in [3.05, 3.63) is 48.0 Å². The van der Waals surface area contributed by atoms with E-state index >= 15 is 0 Å².